The Morgan fingerprint density at radius 1 is 0.875 bits per heavy atom. The van der Waals surface area contributed by atoms with Crippen LogP contribution in [0.4, 0.5) is 0 Å². The summed E-state index contributed by atoms with van der Waals surface area (Å²) >= 11 is 0. The molecule has 4 aliphatic carbocycles. The number of hydrogen-bond acceptors (Lipinski definition) is 4. The second-order valence-electron chi connectivity index (χ2n) is 9.53. The summed E-state index contributed by atoms with van der Waals surface area (Å²) < 4.78 is 4.87. The van der Waals surface area contributed by atoms with Gasteiger partial charge in [0.05, 0.1) is 6.61 Å². The maximum Gasteiger partial charge on any atom is 0.330 e. The van der Waals surface area contributed by atoms with Crippen LogP contribution in [0, 0.1) is 23.7 Å². The van der Waals surface area contributed by atoms with Crippen molar-refractivity contribution >= 4 is 17.6 Å². The zero-order chi connectivity index (χ0) is 22.1. The first-order chi connectivity index (χ1) is 15.6. The Kier molecular flexibility index (Phi) is 5.88. The lowest BCUT2D eigenvalue weighted by Gasteiger charge is -2.52. The molecule has 166 valence electrons. The molecule has 4 nitrogen and oxygen atoms in total. The van der Waals surface area contributed by atoms with Gasteiger partial charge in [0, 0.05) is 6.08 Å². The van der Waals surface area contributed by atoms with Crippen LogP contribution in [0.2, 0.25) is 0 Å². The van der Waals surface area contributed by atoms with Gasteiger partial charge in [-0.3, -0.25) is 0 Å². The molecule has 4 saturated carbocycles. The van der Waals surface area contributed by atoms with E-state index < -0.39 is 5.97 Å². The molecule has 4 bridgehead atoms. The highest BCUT2D eigenvalue weighted by Gasteiger charge is 2.46. The van der Waals surface area contributed by atoms with Crippen molar-refractivity contribution in [2.45, 2.75) is 32.1 Å². The molecule has 6 rings (SSSR count). The van der Waals surface area contributed by atoms with Gasteiger partial charge in [0.2, 0.25) is 0 Å². The number of esters is 1. The van der Waals surface area contributed by atoms with Crippen LogP contribution in [0.5, 0.6) is 5.75 Å². The van der Waals surface area contributed by atoms with E-state index in [4.69, 9.17) is 9.84 Å². The summed E-state index contributed by atoms with van der Waals surface area (Å²) in [6.45, 7) is -0.164. The zero-order valence-corrected chi connectivity index (χ0v) is 18.2. The number of benzene rings is 2. The number of hydrogen-bond donors (Lipinski definition) is 2. The minimum absolute atomic E-state index is 0.00964. The highest BCUT2D eigenvalue weighted by Crippen LogP contribution is 2.58. The van der Waals surface area contributed by atoms with Gasteiger partial charge in [0.15, 0.2) is 0 Å². The lowest BCUT2D eigenvalue weighted by atomic mass is 9.53. The number of carbonyl (C=O) groups is 1. The first kappa shape index (κ1) is 21.0. The van der Waals surface area contributed by atoms with Crippen LogP contribution >= 0.6 is 0 Å². The number of aromatic hydroxyl groups is 1. The number of carbonyl (C=O) groups excluding carboxylic acids is 1. The molecule has 0 spiro atoms. The lowest BCUT2D eigenvalue weighted by Crippen LogP contribution is -2.40. The molecule has 0 aromatic heterocycles. The summed E-state index contributed by atoms with van der Waals surface area (Å²) in [7, 11) is 0. The maximum absolute atomic E-state index is 11.7. The molecule has 32 heavy (non-hydrogen) atoms. The standard InChI is InChI=1S/C28H30O4/c29-11-12-32-26(31)10-3-18-1-4-21(5-2-18)27(22-6-8-25(30)9-7-22)28-23-14-19-13-20(16-23)17-24(28)15-19/h1-10,19-20,23-24,29-30H,11-17H2/b10-3+,28-27?. The van der Waals surface area contributed by atoms with Crippen molar-refractivity contribution in [2.24, 2.45) is 23.7 Å². The van der Waals surface area contributed by atoms with Gasteiger partial charge in [-0.1, -0.05) is 42.0 Å². The highest BCUT2D eigenvalue weighted by atomic mass is 16.5. The topological polar surface area (TPSA) is 66.8 Å². The van der Waals surface area contributed by atoms with Crippen LogP contribution in [0.25, 0.3) is 11.6 Å². The predicted octanol–water partition coefficient (Wildman–Crippen LogP) is 5.20. The highest BCUT2D eigenvalue weighted by molar-refractivity contribution is 5.87. The number of allylic oxidation sites excluding steroid dienone is 1. The summed E-state index contributed by atoms with van der Waals surface area (Å²) in [4.78, 5) is 11.7. The lowest BCUT2D eigenvalue weighted by molar-refractivity contribution is -0.138. The van der Waals surface area contributed by atoms with Crippen LogP contribution in [-0.2, 0) is 9.53 Å². The number of ether oxygens (including phenoxy) is 1. The minimum Gasteiger partial charge on any atom is -0.508 e. The van der Waals surface area contributed by atoms with E-state index in [2.05, 4.69) is 12.1 Å². The summed E-state index contributed by atoms with van der Waals surface area (Å²) in [6.07, 6.45) is 9.83. The van der Waals surface area contributed by atoms with Crippen molar-refractivity contribution in [3.8, 4) is 5.75 Å². The van der Waals surface area contributed by atoms with Gasteiger partial charge in [-0.15, -0.1) is 0 Å². The number of aliphatic hydroxyl groups excluding tert-OH is 1. The van der Waals surface area contributed by atoms with Crippen LogP contribution in [0.15, 0.2) is 60.2 Å². The third kappa shape index (κ3) is 4.24. The van der Waals surface area contributed by atoms with E-state index in [1.165, 1.54) is 54.9 Å². The van der Waals surface area contributed by atoms with E-state index in [0.29, 0.717) is 11.8 Å². The molecule has 4 heteroatoms. The molecular formula is C28H30O4. The number of aliphatic hydroxyl groups is 1. The molecule has 2 N–H and O–H groups in total. The Hall–Kier alpha value is -2.85. The van der Waals surface area contributed by atoms with Gasteiger partial charge in [0.1, 0.15) is 12.4 Å². The van der Waals surface area contributed by atoms with E-state index in [-0.39, 0.29) is 19.0 Å². The van der Waals surface area contributed by atoms with Gasteiger partial charge < -0.3 is 14.9 Å². The molecule has 4 aliphatic rings. The Bertz CT molecular complexity index is 1000. The molecule has 2 aromatic rings. The predicted molar refractivity (Wildman–Crippen MR) is 125 cm³/mol. The SMILES string of the molecule is O=C(/C=C/c1ccc(C(=C2C3CC4CC(C3)CC2C4)c2ccc(O)cc2)cc1)OCCO. The quantitative estimate of drug-likeness (QED) is 0.488. The molecule has 0 atom stereocenters. The van der Waals surface area contributed by atoms with Gasteiger partial charge in [0.25, 0.3) is 0 Å². The van der Waals surface area contributed by atoms with Crippen LogP contribution in [0.1, 0.15) is 48.8 Å². The number of phenolic OH excluding ortho intramolecular Hbond substituents is 1. The van der Waals surface area contributed by atoms with Crippen molar-refractivity contribution in [1.82, 2.24) is 0 Å². The second-order valence-corrected chi connectivity index (χ2v) is 9.53. The van der Waals surface area contributed by atoms with Gasteiger partial charge in [-0.25, -0.2) is 4.79 Å². The van der Waals surface area contributed by atoms with Crippen LogP contribution < -0.4 is 0 Å². The molecular weight excluding hydrogens is 400 g/mol. The Balaban J connectivity index is 1.49. The molecule has 0 heterocycles. The van der Waals surface area contributed by atoms with Crippen molar-refractivity contribution in [2.75, 3.05) is 13.2 Å². The van der Waals surface area contributed by atoms with E-state index in [0.717, 1.165) is 17.4 Å². The zero-order valence-electron chi connectivity index (χ0n) is 18.2. The average Bonchev–Trinajstić information content (AvgIpc) is 2.79. The number of rotatable bonds is 6. The largest absolute Gasteiger partial charge is 0.508 e. The molecule has 0 saturated heterocycles. The van der Waals surface area contributed by atoms with Crippen molar-refractivity contribution in [1.29, 1.82) is 0 Å². The first-order valence-electron chi connectivity index (χ1n) is 11.7. The van der Waals surface area contributed by atoms with E-state index in [1.807, 2.05) is 24.3 Å². The normalized spacial score (nSPS) is 26.0. The average molecular weight is 431 g/mol. The summed E-state index contributed by atoms with van der Waals surface area (Å²) in [5.74, 6) is 2.99. The molecule has 2 aromatic carbocycles. The first-order valence-corrected chi connectivity index (χ1v) is 11.7. The molecule has 4 fully saturated rings. The van der Waals surface area contributed by atoms with Crippen molar-refractivity contribution in [3.05, 3.63) is 76.9 Å². The minimum atomic E-state index is -0.455. The van der Waals surface area contributed by atoms with Crippen molar-refractivity contribution < 1.29 is 19.7 Å². The van der Waals surface area contributed by atoms with Crippen LogP contribution in [-0.4, -0.2) is 29.4 Å². The summed E-state index contributed by atoms with van der Waals surface area (Å²) in [5, 5.41) is 18.6. The van der Waals surface area contributed by atoms with Gasteiger partial charge in [-0.05, 0) is 96.2 Å². The van der Waals surface area contributed by atoms with E-state index in [1.54, 1.807) is 23.8 Å². The van der Waals surface area contributed by atoms with E-state index >= 15 is 0 Å². The Labute approximate surface area is 189 Å². The van der Waals surface area contributed by atoms with E-state index in [9.17, 15) is 9.90 Å². The number of phenols is 1. The fraction of sp³-hybridized carbons (Fsp3) is 0.393. The maximum atomic E-state index is 11.7. The third-order valence-electron chi connectivity index (χ3n) is 7.41. The molecule has 0 aliphatic heterocycles. The molecule has 0 radical (unpaired) electrons. The van der Waals surface area contributed by atoms with Gasteiger partial charge in [-0.2, -0.15) is 0 Å². The second kappa shape index (κ2) is 8.95. The monoisotopic (exact) mass is 430 g/mol. The fourth-order valence-corrected chi connectivity index (χ4v) is 6.35. The fourth-order valence-electron chi connectivity index (χ4n) is 6.35. The van der Waals surface area contributed by atoms with Gasteiger partial charge >= 0.3 is 5.97 Å². The smallest absolute Gasteiger partial charge is 0.330 e. The molecule has 0 amide bonds. The summed E-state index contributed by atoms with van der Waals surface area (Å²) in [5.41, 5.74) is 6.24. The third-order valence-corrected chi connectivity index (χ3v) is 7.41. The summed E-state index contributed by atoms with van der Waals surface area (Å²) in [6, 6.07) is 16.0. The Morgan fingerprint density at radius 2 is 1.44 bits per heavy atom. The Morgan fingerprint density at radius 3 is 2.00 bits per heavy atom. The van der Waals surface area contributed by atoms with Crippen LogP contribution in [0.3, 0.4) is 0 Å². The van der Waals surface area contributed by atoms with Crippen molar-refractivity contribution in [3.63, 3.8) is 0 Å². The molecule has 0 unspecified atom stereocenters.